The van der Waals surface area contributed by atoms with Crippen molar-refractivity contribution in [3.8, 4) is 0 Å². The molecule has 1 amide bonds. The van der Waals surface area contributed by atoms with Crippen molar-refractivity contribution in [2.45, 2.75) is 13.5 Å². The van der Waals surface area contributed by atoms with Crippen molar-refractivity contribution in [1.82, 2.24) is 14.7 Å². The van der Waals surface area contributed by atoms with Crippen molar-refractivity contribution in [3.63, 3.8) is 0 Å². The van der Waals surface area contributed by atoms with Crippen LogP contribution in [0.15, 0.2) is 12.3 Å². The standard InChI is InChI=1S/C9H12N4O5/c1-2-11(6-9(15)16)8(14)5-12-4-3-7(10-12)13(17)18/h3-4H,2,5-6H2,1H3,(H,15,16). The molecule has 0 fully saturated rings. The van der Waals surface area contributed by atoms with E-state index in [2.05, 4.69) is 5.10 Å². The molecule has 1 N–H and O–H groups in total. The van der Waals surface area contributed by atoms with Crippen LogP contribution in [0.3, 0.4) is 0 Å². The third-order valence-corrected chi connectivity index (χ3v) is 2.17. The van der Waals surface area contributed by atoms with Crippen LogP contribution in [0.5, 0.6) is 0 Å². The Bertz CT molecular complexity index is 469. The van der Waals surface area contributed by atoms with E-state index >= 15 is 0 Å². The molecule has 0 aliphatic carbocycles. The Hall–Kier alpha value is -2.45. The number of nitro groups is 1. The van der Waals surface area contributed by atoms with E-state index < -0.39 is 23.3 Å². The van der Waals surface area contributed by atoms with E-state index in [0.29, 0.717) is 0 Å². The maximum atomic E-state index is 11.7. The van der Waals surface area contributed by atoms with Crippen LogP contribution in [0.25, 0.3) is 0 Å². The van der Waals surface area contributed by atoms with Crippen molar-refractivity contribution in [3.05, 3.63) is 22.4 Å². The van der Waals surface area contributed by atoms with Gasteiger partial charge in [0.1, 0.15) is 13.1 Å². The lowest BCUT2D eigenvalue weighted by Gasteiger charge is -2.17. The molecule has 9 heteroatoms. The Morgan fingerprint density at radius 3 is 2.72 bits per heavy atom. The highest BCUT2D eigenvalue weighted by Crippen LogP contribution is 2.05. The van der Waals surface area contributed by atoms with Crippen molar-refractivity contribution in [2.75, 3.05) is 13.1 Å². The number of carboxylic acids is 1. The van der Waals surface area contributed by atoms with E-state index in [4.69, 9.17) is 5.11 Å². The summed E-state index contributed by atoms with van der Waals surface area (Å²) in [7, 11) is 0. The second-order valence-corrected chi connectivity index (χ2v) is 3.43. The summed E-state index contributed by atoms with van der Waals surface area (Å²) in [6, 6.07) is 1.17. The average molecular weight is 256 g/mol. The first kappa shape index (κ1) is 13.6. The summed E-state index contributed by atoms with van der Waals surface area (Å²) in [5.41, 5.74) is 0. The monoisotopic (exact) mass is 256 g/mol. The highest BCUT2D eigenvalue weighted by molar-refractivity contribution is 5.81. The second kappa shape index (κ2) is 5.75. The minimum atomic E-state index is -1.11. The third kappa shape index (κ3) is 3.54. The number of hydrogen-bond acceptors (Lipinski definition) is 5. The Morgan fingerprint density at radius 1 is 1.61 bits per heavy atom. The number of amides is 1. The van der Waals surface area contributed by atoms with Gasteiger partial charge in [-0.05, 0) is 11.8 Å². The molecule has 9 nitrogen and oxygen atoms in total. The third-order valence-electron chi connectivity index (χ3n) is 2.17. The molecular weight excluding hydrogens is 244 g/mol. The minimum absolute atomic E-state index is 0.227. The summed E-state index contributed by atoms with van der Waals surface area (Å²) in [6.45, 7) is 1.26. The van der Waals surface area contributed by atoms with Gasteiger partial charge in [0.2, 0.25) is 5.91 Å². The summed E-state index contributed by atoms with van der Waals surface area (Å²) < 4.78 is 1.10. The fourth-order valence-electron chi connectivity index (χ4n) is 1.31. The molecule has 0 unspecified atom stereocenters. The summed E-state index contributed by atoms with van der Waals surface area (Å²) in [6.07, 6.45) is 1.30. The van der Waals surface area contributed by atoms with Gasteiger partial charge in [0.05, 0.1) is 17.4 Å². The number of carbonyl (C=O) groups is 2. The first-order valence-electron chi connectivity index (χ1n) is 5.11. The van der Waals surface area contributed by atoms with Crippen molar-refractivity contribution in [2.24, 2.45) is 0 Å². The molecular formula is C9H12N4O5. The lowest BCUT2D eigenvalue weighted by Crippen LogP contribution is -2.37. The van der Waals surface area contributed by atoms with E-state index in [1.807, 2.05) is 0 Å². The molecule has 0 atom stereocenters. The van der Waals surface area contributed by atoms with E-state index in [1.54, 1.807) is 6.92 Å². The van der Waals surface area contributed by atoms with Gasteiger partial charge in [0.15, 0.2) is 0 Å². The number of carbonyl (C=O) groups excluding carboxylic acids is 1. The Morgan fingerprint density at radius 2 is 2.28 bits per heavy atom. The van der Waals surface area contributed by atoms with Crippen LogP contribution in [0.2, 0.25) is 0 Å². The molecule has 0 saturated carbocycles. The molecule has 0 bridgehead atoms. The van der Waals surface area contributed by atoms with Gasteiger partial charge in [-0.3, -0.25) is 9.59 Å². The molecule has 0 aliphatic heterocycles. The van der Waals surface area contributed by atoms with E-state index in [1.165, 1.54) is 12.3 Å². The molecule has 0 saturated heterocycles. The number of aliphatic carboxylic acids is 1. The number of nitrogens with zero attached hydrogens (tertiary/aromatic N) is 4. The second-order valence-electron chi connectivity index (χ2n) is 3.43. The molecule has 1 rings (SSSR count). The summed E-state index contributed by atoms with van der Waals surface area (Å²) in [5.74, 6) is -1.93. The Labute approximate surface area is 102 Å². The van der Waals surface area contributed by atoms with Crippen LogP contribution in [-0.2, 0) is 16.1 Å². The van der Waals surface area contributed by atoms with Crippen LogP contribution in [0, 0.1) is 10.1 Å². The van der Waals surface area contributed by atoms with Crippen molar-refractivity contribution >= 4 is 17.7 Å². The minimum Gasteiger partial charge on any atom is -0.480 e. The maximum Gasteiger partial charge on any atom is 0.389 e. The topological polar surface area (TPSA) is 119 Å². The van der Waals surface area contributed by atoms with Crippen LogP contribution < -0.4 is 0 Å². The fraction of sp³-hybridized carbons (Fsp3) is 0.444. The van der Waals surface area contributed by atoms with Crippen LogP contribution in [0.4, 0.5) is 5.82 Å². The van der Waals surface area contributed by atoms with E-state index in [-0.39, 0.29) is 18.9 Å². The largest absolute Gasteiger partial charge is 0.480 e. The number of likely N-dealkylation sites (N-methyl/N-ethyl adjacent to an activating group) is 1. The molecule has 0 radical (unpaired) electrons. The molecule has 0 spiro atoms. The zero-order valence-electron chi connectivity index (χ0n) is 9.65. The number of rotatable bonds is 6. The van der Waals surface area contributed by atoms with Gasteiger partial charge >= 0.3 is 11.8 Å². The summed E-state index contributed by atoms with van der Waals surface area (Å²) >= 11 is 0. The van der Waals surface area contributed by atoms with Gasteiger partial charge in [-0.25, -0.2) is 0 Å². The predicted molar refractivity (Wildman–Crippen MR) is 58.8 cm³/mol. The highest BCUT2D eigenvalue weighted by atomic mass is 16.6. The molecule has 98 valence electrons. The average Bonchev–Trinajstić information content (AvgIpc) is 2.74. The summed E-state index contributed by atoms with van der Waals surface area (Å²) in [4.78, 5) is 33.0. The van der Waals surface area contributed by atoms with Crippen molar-refractivity contribution in [1.29, 1.82) is 0 Å². The normalized spacial score (nSPS) is 10.1. The smallest absolute Gasteiger partial charge is 0.389 e. The molecule has 1 aromatic heterocycles. The highest BCUT2D eigenvalue weighted by Gasteiger charge is 2.18. The zero-order chi connectivity index (χ0) is 13.7. The number of aromatic nitrogens is 2. The van der Waals surface area contributed by atoms with Crippen molar-refractivity contribution < 1.29 is 19.6 Å². The van der Waals surface area contributed by atoms with Gasteiger partial charge in [-0.15, -0.1) is 0 Å². The number of hydrogen-bond donors (Lipinski definition) is 1. The van der Waals surface area contributed by atoms with Gasteiger partial charge < -0.3 is 20.1 Å². The summed E-state index contributed by atoms with van der Waals surface area (Å²) in [5, 5.41) is 22.6. The lowest BCUT2D eigenvalue weighted by molar-refractivity contribution is -0.389. The number of carboxylic acid groups (broad SMARTS) is 1. The van der Waals surface area contributed by atoms with Crippen LogP contribution in [0.1, 0.15) is 6.92 Å². The quantitative estimate of drug-likeness (QED) is 0.552. The first-order chi connectivity index (χ1) is 8.43. The lowest BCUT2D eigenvalue weighted by atomic mass is 10.4. The molecule has 1 aromatic rings. The van der Waals surface area contributed by atoms with Gasteiger partial charge in [0, 0.05) is 6.54 Å². The van der Waals surface area contributed by atoms with Gasteiger partial charge in [0.25, 0.3) is 0 Å². The zero-order valence-corrected chi connectivity index (χ0v) is 9.65. The first-order valence-corrected chi connectivity index (χ1v) is 5.11. The Kier molecular flexibility index (Phi) is 4.35. The van der Waals surface area contributed by atoms with Crippen LogP contribution in [-0.4, -0.2) is 49.7 Å². The molecule has 0 aromatic carbocycles. The van der Waals surface area contributed by atoms with Gasteiger partial charge in [-0.1, -0.05) is 0 Å². The van der Waals surface area contributed by atoms with E-state index in [0.717, 1.165) is 9.58 Å². The predicted octanol–water partition coefficient (Wildman–Crippen LogP) is -0.276. The maximum absolute atomic E-state index is 11.7. The fourth-order valence-corrected chi connectivity index (χ4v) is 1.31. The molecule has 18 heavy (non-hydrogen) atoms. The Balaban J connectivity index is 2.67. The van der Waals surface area contributed by atoms with E-state index in [9.17, 15) is 19.7 Å². The molecule has 0 aliphatic rings. The van der Waals surface area contributed by atoms with Crippen LogP contribution >= 0.6 is 0 Å². The van der Waals surface area contributed by atoms with Gasteiger partial charge in [-0.2, -0.15) is 4.68 Å². The SMILES string of the molecule is CCN(CC(=O)O)C(=O)Cn1ccc([N+](=O)[O-])n1. The molecule has 1 heterocycles.